The number of aliphatic imine (C=N–C) groups is 1. The molecule has 4 nitrogen and oxygen atoms in total. The first-order valence-electron chi connectivity index (χ1n) is 6.53. The van der Waals surface area contributed by atoms with Gasteiger partial charge in [0.25, 0.3) is 0 Å². The van der Waals surface area contributed by atoms with Crippen LogP contribution in [0.5, 0.6) is 0 Å². The van der Waals surface area contributed by atoms with Crippen molar-refractivity contribution in [1.82, 2.24) is 15.5 Å². The van der Waals surface area contributed by atoms with Crippen molar-refractivity contribution < 1.29 is 0 Å². The summed E-state index contributed by atoms with van der Waals surface area (Å²) in [6, 6.07) is 0. The first-order valence-corrected chi connectivity index (χ1v) is 7.69. The van der Waals surface area contributed by atoms with Gasteiger partial charge in [0.1, 0.15) is 0 Å². The molecule has 0 bridgehead atoms. The lowest BCUT2D eigenvalue weighted by atomic mass is 9.97. The third-order valence-electron chi connectivity index (χ3n) is 3.33. The van der Waals surface area contributed by atoms with Gasteiger partial charge in [-0.2, -0.15) is 11.8 Å². The molecule has 2 N–H and O–H groups in total. The fraction of sp³-hybridized carbons (Fsp3) is 0.923. The molecule has 18 heavy (non-hydrogen) atoms. The summed E-state index contributed by atoms with van der Waals surface area (Å²) < 4.78 is 0. The molecule has 1 rings (SSSR count). The highest BCUT2D eigenvalue weighted by molar-refractivity contribution is 7.99. The van der Waals surface area contributed by atoms with E-state index in [2.05, 4.69) is 55.4 Å². The Kier molecular flexibility index (Phi) is 5.34. The third kappa shape index (κ3) is 4.35. The zero-order chi connectivity index (χ0) is 13.8. The molecular weight excluding hydrogens is 244 g/mol. The van der Waals surface area contributed by atoms with Crippen molar-refractivity contribution in [3.8, 4) is 0 Å². The Morgan fingerprint density at radius 3 is 2.44 bits per heavy atom. The van der Waals surface area contributed by atoms with Crippen molar-refractivity contribution in [3.63, 3.8) is 0 Å². The van der Waals surface area contributed by atoms with E-state index in [0.717, 1.165) is 12.5 Å². The average molecular weight is 272 g/mol. The van der Waals surface area contributed by atoms with E-state index in [4.69, 9.17) is 0 Å². The van der Waals surface area contributed by atoms with Crippen LogP contribution in [-0.4, -0.2) is 61.1 Å². The van der Waals surface area contributed by atoms with Gasteiger partial charge < -0.3 is 15.5 Å². The van der Waals surface area contributed by atoms with Crippen molar-refractivity contribution in [2.75, 3.05) is 39.2 Å². The summed E-state index contributed by atoms with van der Waals surface area (Å²) in [6.07, 6.45) is 1.24. The summed E-state index contributed by atoms with van der Waals surface area (Å²) in [6.45, 7) is 7.38. The average Bonchev–Trinajstić information content (AvgIpc) is 2.72. The fourth-order valence-corrected chi connectivity index (χ4v) is 3.58. The molecule has 1 aliphatic heterocycles. The number of hydrogen-bond acceptors (Lipinski definition) is 3. The van der Waals surface area contributed by atoms with Gasteiger partial charge in [-0.15, -0.1) is 0 Å². The van der Waals surface area contributed by atoms with E-state index in [9.17, 15) is 0 Å². The molecule has 1 atom stereocenters. The summed E-state index contributed by atoms with van der Waals surface area (Å²) in [5, 5.41) is 6.87. The Morgan fingerprint density at radius 1 is 1.39 bits per heavy atom. The van der Waals surface area contributed by atoms with Gasteiger partial charge in [-0.3, -0.25) is 4.99 Å². The molecule has 1 saturated heterocycles. The standard InChI is InChI=1S/C13H28N4S/c1-12(2,3)16-11(14-4)15-9-13(17(5)6)7-8-18-10-13/h7-10H2,1-6H3,(H2,14,15,16). The Balaban J connectivity index is 2.56. The lowest BCUT2D eigenvalue weighted by molar-refractivity contribution is 0.182. The molecule has 0 aliphatic carbocycles. The van der Waals surface area contributed by atoms with Crippen LogP contribution in [0.15, 0.2) is 4.99 Å². The Hall–Kier alpha value is -0.420. The fourth-order valence-electron chi connectivity index (χ4n) is 2.03. The van der Waals surface area contributed by atoms with Crippen LogP contribution in [0.3, 0.4) is 0 Å². The van der Waals surface area contributed by atoms with Gasteiger partial charge >= 0.3 is 0 Å². The van der Waals surface area contributed by atoms with Crippen molar-refractivity contribution in [3.05, 3.63) is 0 Å². The van der Waals surface area contributed by atoms with E-state index in [1.54, 1.807) is 0 Å². The summed E-state index contributed by atoms with van der Waals surface area (Å²) >= 11 is 2.04. The molecule has 0 aromatic rings. The second-order valence-corrected chi connectivity index (χ2v) is 7.33. The van der Waals surface area contributed by atoms with Crippen LogP contribution in [0.4, 0.5) is 0 Å². The minimum absolute atomic E-state index is 0.0392. The number of rotatable bonds is 3. The van der Waals surface area contributed by atoms with Crippen LogP contribution in [0.25, 0.3) is 0 Å². The van der Waals surface area contributed by atoms with E-state index in [1.165, 1.54) is 17.9 Å². The number of hydrogen-bond donors (Lipinski definition) is 2. The Morgan fingerprint density at radius 2 is 2.06 bits per heavy atom. The number of nitrogens with zero attached hydrogens (tertiary/aromatic N) is 2. The van der Waals surface area contributed by atoms with E-state index < -0.39 is 0 Å². The van der Waals surface area contributed by atoms with Crippen LogP contribution in [-0.2, 0) is 0 Å². The Labute approximate surface area is 116 Å². The minimum Gasteiger partial charge on any atom is -0.355 e. The molecule has 0 saturated carbocycles. The lowest BCUT2D eigenvalue weighted by Crippen LogP contribution is -2.56. The maximum absolute atomic E-state index is 4.29. The molecule has 1 fully saturated rings. The predicted octanol–water partition coefficient (Wildman–Crippen LogP) is 1.39. The molecule has 1 heterocycles. The number of guanidine groups is 1. The highest BCUT2D eigenvalue weighted by Crippen LogP contribution is 2.31. The number of nitrogens with one attached hydrogen (secondary N) is 2. The van der Waals surface area contributed by atoms with E-state index in [-0.39, 0.29) is 11.1 Å². The molecule has 106 valence electrons. The third-order valence-corrected chi connectivity index (χ3v) is 4.57. The molecule has 0 aromatic heterocycles. The van der Waals surface area contributed by atoms with E-state index in [1.807, 2.05) is 18.8 Å². The largest absolute Gasteiger partial charge is 0.355 e. The normalized spacial score (nSPS) is 25.6. The van der Waals surface area contributed by atoms with Crippen molar-refractivity contribution in [2.45, 2.75) is 38.3 Å². The van der Waals surface area contributed by atoms with Crippen LogP contribution in [0, 0.1) is 0 Å². The monoisotopic (exact) mass is 272 g/mol. The maximum Gasteiger partial charge on any atom is 0.191 e. The first-order chi connectivity index (χ1) is 8.29. The van der Waals surface area contributed by atoms with Crippen LogP contribution < -0.4 is 10.6 Å². The summed E-state index contributed by atoms with van der Waals surface area (Å²) in [7, 11) is 6.17. The summed E-state index contributed by atoms with van der Waals surface area (Å²) in [5.41, 5.74) is 0.303. The van der Waals surface area contributed by atoms with Gasteiger partial charge in [0, 0.05) is 30.4 Å². The van der Waals surface area contributed by atoms with Crippen LogP contribution >= 0.6 is 11.8 Å². The van der Waals surface area contributed by atoms with Crippen molar-refractivity contribution in [2.24, 2.45) is 4.99 Å². The lowest BCUT2D eigenvalue weighted by Gasteiger charge is -2.36. The van der Waals surface area contributed by atoms with Crippen molar-refractivity contribution in [1.29, 1.82) is 0 Å². The van der Waals surface area contributed by atoms with Crippen molar-refractivity contribution >= 4 is 17.7 Å². The molecular formula is C13H28N4S. The molecule has 0 spiro atoms. The summed E-state index contributed by atoms with van der Waals surface area (Å²) in [5.74, 6) is 3.34. The molecule has 0 aromatic carbocycles. The van der Waals surface area contributed by atoms with Gasteiger partial charge in [0.2, 0.25) is 0 Å². The predicted molar refractivity (Wildman–Crippen MR) is 82.6 cm³/mol. The molecule has 1 aliphatic rings. The van der Waals surface area contributed by atoms with E-state index in [0.29, 0.717) is 0 Å². The smallest absolute Gasteiger partial charge is 0.191 e. The van der Waals surface area contributed by atoms with Crippen LogP contribution in [0.2, 0.25) is 0 Å². The van der Waals surface area contributed by atoms with Gasteiger partial charge in [0.05, 0.1) is 0 Å². The van der Waals surface area contributed by atoms with Gasteiger partial charge in [-0.1, -0.05) is 0 Å². The second kappa shape index (κ2) is 6.15. The summed E-state index contributed by atoms with van der Waals surface area (Å²) in [4.78, 5) is 6.65. The quantitative estimate of drug-likeness (QED) is 0.602. The zero-order valence-corrected chi connectivity index (χ0v) is 13.4. The van der Waals surface area contributed by atoms with E-state index >= 15 is 0 Å². The number of likely N-dealkylation sites (N-methyl/N-ethyl adjacent to an activating group) is 1. The molecule has 0 radical (unpaired) electrons. The first kappa shape index (κ1) is 15.6. The van der Waals surface area contributed by atoms with Crippen LogP contribution in [0.1, 0.15) is 27.2 Å². The van der Waals surface area contributed by atoms with Gasteiger partial charge in [-0.05, 0) is 47.0 Å². The Bertz CT molecular complexity index is 288. The van der Waals surface area contributed by atoms with Gasteiger partial charge in [0.15, 0.2) is 5.96 Å². The topological polar surface area (TPSA) is 39.7 Å². The second-order valence-electron chi connectivity index (χ2n) is 6.22. The SMILES string of the molecule is CN=C(NCC1(N(C)C)CCSC1)NC(C)(C)C. The molecule has 0 amide bonds. The van der Waals surface area contributed by atoms with Gasteiger partial charge in [-0.25, -0.2) is 0 Å². The molecule has 5 heteroatoms. The highest BCUT2D eigenvalue weighted by atomic mass is 32.2. The minimum atomic E-state index is 0.0392. The maximum atomic E-state index is 4.29. The molecule has 1 unspecified atom stereocenters. The number of thioether (sulfide) groups is 1. The zero-order valence-electron chi connectivity index (χ0n) is 12.6. The highest BCUT2D eigenvalue weighted by Gasteiger charge is 2.36.